The van der Waals surface area contributed by atoms with E-state index in [9.17, 15) is 9.90 Å². The molecule has 2 aromatic heterocycles. The summed E-state index contributed by atoms with van der Waals surface area (Å²) in [4.78, 5) is 12.8. The molecule has 0 aliphatic carbocycles. The molecule has 3 N–H and O–H groups in total. The van der Waals surface area contributed by atoms with E-state index in [4.69, 9.17) is 0 Å². The number of aromatic hydroxyl groups is 1. The van der Waals surface area contributed by atoms with Gasteiger partial charge in [-0.05, 0) is 55.5 Å². The summed E-state index contributed by atoms with van der Waals surface area (Å²) < 4.78 is 0. The van der Waals surface area contributed by atoms with Gasteiger partial charge in [-0.3, -0.25) is 9.89 Å². The molecule has 1 unspecified atom stereocenters. The average Bonchev–Trinajstić information content (AvgIpc) is 3.37. The van der Waals surface area contributed by atoms with Crippen LogP contribution in [0.15, 0.2) is 42.7 Å². The van der Waals surface area contributed by atoms with Gasteiger partial charge in [-0.2, -0.15) is 5.10 Å². The molecule has 3 aromatic rings. The first-order valence-corrected chi connectivity index (χ1v) is 9.64. The zero-order valence-corrected chi connectivity index (χ0v) is 15.3. The van der Waals surface area contributed by atoms with Gasteiger partial charge in [0.25, 0.3) is 0 Å². The Balaban J connectivity index is 1.36. The van der Waals surface area contributed by atoms with Crippen molar-refractivity contribution in [3.05, 3.63) is 48.4 Å². The molecular weight excluding hydrogens is 354 g/mol. The van der Waals surface area contributed by atoms with Crippen LogP contribution in [0.1, 0.15) is 36.2 Å². The fourth-order valence-corrected chi connectivity index (χ4v) is 4.42. The molecule has 2 fully saturated rings. The number of carbonyl (C=O) groups is 1. The van der Waals surface area contributed by atoms with Crippen LogP contribution in [0.2, 0.25) is 0 Å². The lowest BCUT2D eigenvalue weighted by Crippen LogP contribution is -2.40. The van der Waals surface area contributed by atoms with Crippen molar-refractivity contribution in [3.8, 4) is 28.1 Å². The average molecular weight is 375 g/mol. The van der Waals surface area contributed by atoms with Gasteiger partial charge in [0, 0.05) is 35.3 Å². The number of benzene rings is 1. The Labute approximate surface area is 162 Å². The molecule has 0 spiro atoms. The number of piperidine rings is 1. The zero-order valence-electron chi connectivity index (χ0n) is 15.3. The van der Waals surface area contributed by atoms with Gasteiger partial charge in [-0.15, -0.1) is 10.2 Å². The van der Waals surface area contributed by atoms with Gasteiger partial charge in [-0.25, -0.2) is 0 Å². The van der Waals surface area contributed by atoms with Crippen molar-refractivity contribution < 1.29 is 9.90 Å². The van der Waals surface area contributed by atoms with Crippen LogP contribution in [0.4, 0.5) is 0 Å². The number of aromatic nitrogens is 4. The molecule has 2 saturated heterocycles. The number of phenolic OH excluding ortho intramolecular Hbond substituents is 1. The van der Waals surface area contributed by atoms with Gasteiger partial charge in [0.2, 0.25) is 0 Å². The van der Waals surface area contributed by atoms with E-state index < -0.39 is 0 Å². The lowest BCUT2D eigenvalue weighted by molar-refractivity contribution is 0.0869. The standard InChI is InChI=1S/C21H21N5O2/c27-20-9-12(14-10-22-23-11-14)1-4-17(20)18-5-6-19(26-25-18)21(28)13-7-15-2-3-16(8-13)24-15/h1,4-6,9-11,13,15-16,24,27H,2-3,7-8H2,(H,22,23)/t13-,15-,16?/m0/s1. The highest BCUT2D eigenvalue weighted by Crippen LogP contribution is 2.34. The smallest absolute Gasteiger partial charge is 0.186 e. The van der Waals surface area contributed by atoms with Crippen molar-refractivity contribution in [2.24, 2.45) is 5.92 Å². The van der Waals surface area contributed by atoms with E-state index in [0.29, 0.717) is 29.0 Å². The Hall–Kier alpha value is -3.06. The summed E-state index contributed by atoms with van der Waals surface area (Å²) in [5, 5.41) is 29.0. The van der Waals surface area contributed by atoms with Gasteiger partial charge in [0.05, 0.1) is 11.9 Å². The molecule has 4 heterocycles. The summed E-state index contributed by atoms with van der Waals surface area (Å²) >= 11 is 0. The lowest BCUT2D eigenvalue weighted by Gasteiger charge is -2.27. The Morgan fingerprint density at radius 1 is 1.04 bits per heavy atom. The third-order valence-electron chi connectivity index (χ3n) is 5.87. The van der Waals surface area contributed by atoms with Crippen LogP contribution in [-0.4, -0.2) is 43.4 Å². The number of fused-ring (bicyclic) bond motifs is 2. The highest BCUT2D eigenvalue weighted by atomic mass is 16.3. The monoisotopic (exact) mass is 375 g/mol. The van der Waals surface area contributed by atoms with Gasteiger partial charge >= 0.3 is 0 Å². The molecule has 142 valence electrons. The first-order chi connectivity index (χ1) is 13.7. The van der Waals surface area contributed by atoms with E-state index in [1.807, 2.05) is 6.07 Å². The molecule has 7 heteroatoms. The maximum atomic E-state index is 12.8. The van der Waals surface area contributed by atoms with Crippen LogP contribution in [-0.2, 0) is 0 Å². The van der Waals surface area contributed by atoms with Crippen LogP contribution < -0.4 is 5.32 Å². The van der Waals surface area contributed by atoms with E-state index in [0.717, 1.165) is 36.8 Å². The number of hydrogen-bond acceptors (Lipinski definition) is 6. The van der Waals surface area contributed by atoms with Gasteiger partial charge in [0.1, 0.15) is 11.4 Å². The second-order valence-electron chi connectivity index (χ2n) is 7.69. The van der Waals surface area contributed by atoms with Crippen LogP contribution in [0.5, 0.6) is 5.75 Å². The number of Topliss-reactive ketones (excluding diaryl/α,β-unsaturated/α-hetero) is 1. The Morgan fingerprint density at radius 3 is 2.50 bits per heavy atom. The molecule has 7 nitrogen and oxygen atoms in total. The molecule has 0 saturated carbocycles. The lowest BCUT2D eigenvalue weighted by atomic mass is 9.87. The van der Waals surface area contributed by atoms with E-state index in [1.165, 1.54) is 0 Å². The topological polar surface area (TPSA) is 104 Å². The number of rotatable bonds is 4. The quantitative estimate of drug-likeness (QED) is 0.606. The minimum Gasteiger partial charge on any atom is -0.507 e. The molecule has 28 heavy (non-hydrogen) atoms. The summed E-state index contributed by atoms with van der Waals surface area (Å²) in [6.07, 6.45) is 7.55. The number of aromatic amines is 1. The largest absolute Gasteiger partial charge is 0.507 e. The fraction of sp³-hybridized carbons (Fsp3) is 0.333. The van der Waals surface area contributed by atoms with E-state index >= 15 is 0 Å². The minimum absolute atomic E-state index is 0.0292. The summed E-state index contributed by atoms with van der Waals surface area (Å²) in [7, 11) is 0. The molecule has 3 atom stereocenters. The number of phenols is 1. The van der Waals surface area contributed by atoms with Gasteiger partial charge < -0.3 is 10.4 Å². The zero-order chi connectivity index (χ0) is 19.1. The normalized spacial score (nSPS) is 23.6. The van der Waals surface area contributed by atoms with E-state index in [-0.39, 0.29) is 17.5 Å². The third kappa shape index (κ3) is 3.07. The number of nitrogens with zero attached hydrogens (tertiary/aromatic N) is 3. The number of ketones is 1. The fourth-order valence-electron chi connectivity index (χ4n) is 4.42. The maximum absolute atomic E-state index is 12.8. The highest BCUT2D eigenvalue weighted by Gasteiger charge is 2.37. The van der Waals surface area contributed by atoms with Crippen molar-refractivity contribution in [1.82, 2.24) is 25.7 Å². The minimum atomic E-state index is 0.0292. The van der Waals surface area contributed by atoms with Crippen molar-refractivity contribution >= 4 is 5.78 Å². The van der Waals surface area contributed by atoms with Crippen molar-refractivity contribution in [2.45, 2.75) is 37.8 Å². The summed E-state index contributed by atoms with van der Waals surface area (Å²) in [5.74, 6) is 0.223. The Kier molecular flexibility index (Phi) is 4.16. The molecule has 5 rings (SSSR count). The summed E-state index contributed by atoms with van der Waals surface area (Å²) in [6.45, 7) is 0. The van der Waals surface area contributed by atoms with Gasteiger partial charge in [-0.1, -0.05) is 6.07 Å². The second kappa shape index (κ2) is 6.83. The van der Waals surface area contributed by atoms with Crippen molar-refractivity contribution in [3.63, 3.8) is 0 Å². The number of carbonyl (C=O) groups excluding carboxylic acids is 1. The van der Waals surface area contributed by atoms with Crippen LogP contribution in [0, 0.1) is 5.92 Å². The van der Waals surface area contributed by atoms with E-state index in [1.54, 1.807) is 36.7 Å². The molecule has 0 amide bonds. The summed E-state index contributed by atoms with van der Waals surface area (Å²) in [5.41, 5.74) is 3.28. The molecule has 1 aromatic carbocycles. The van der Waals surface area contributed by atoms with Crippen molar-refractivity contribution in [1.29, 1.82) is 0 Å². The van der Waals surface area contributed by atoms with Crippen molar-refractivity contribution in [2.75, 3.05) is 0 Å². The SMILES string of the molecule is O=C(c1ccc(-c2ccc(-c3cn[nH]c3)cc2O)nn1)[C@@H]1CC2CC[C@@H](C1)N2. The molecule has 2 aliphatic rings. The molecule has 2 aliphatic heterocycles. The van der Waals surface area contributed by atoms with Crippen LogP contribution in [0.3, 0.4) is 0 Å². The van der Waals surface area contributed by atoms with E-state index in [2.05, 4.69) is 25.7 Å². The van der Waals surface area contributed by atoms with Gasteiger partial charge in [0.15, 0.2) is 5.78 Å². The third-order valence-corrected chi connectivity index (χ3v) is 5.87. The highest BCUT2D eigenvalue weighted by molar-refractivity contribution is 5.96. The molecular formula is C21H21N5O2. The summed E-state index contributed by atoms with van der Waals surface area (Å²) in [6, 6.07) is 9.77. The first kappa shape index (κ1) is 17.1. The Bertz CT molecular complexity index is 988. The first-order valence-electron chi connectivity index (χ1n) is 9.64. The molecule has 0 radical (unpaired) electrons. The predicted molar refractivity (Wildman–Crippen MR) is 104 cm³/mol. The van der Waals surface area contributed by atoms with Crippen LogP contribution in [0.25, 0.3) is 22.4 Å². The maximum Gasteiger partial charge on any atom is 0.186 e. The Morgan fingerprint density at radius 2 is 1.86 bits per heavy atom. The van der Waals surface area contributed by atoms with Crippen LogP contribution >= 0.6 is 0 Å². The molecule has 2 bridgehead atoms. The number of hydrogen-bond donors (Lipinski definition) is 3. The number of H-pyrrole nitrogens is 1. The second-order valence-corrected chi connectivity index (χ2v) is 7.69. The predicted octanol–water partition coefficient (Wildman–Crippen LogP) is 2.95. The number of nitrogens with one attached hydrogen (secondary N) is 2.